The molecule has 2 bridgehead atoms. The standard InChI is InChI=1S/C37H56O8/c1-8-10-11-12-13-14-15-16-17-18-28(38)45-36-21-25(5)35-20-24(4)30(39)37(35,43)31(40)26(22-44-33(42)23(3)9-2)19-27(32(35)41)29(36)34(36,6)7/h9,19-20,25,27,29-31,39-40,43H,8,10-18,21-22H2,1-7H3/b23-9-/t25-,27+,29-,30+,31-,35+,36+,37-/m1/s1. The van der Waals surface area contributed by atoms with Crippen LogP contribution in [0.1, 0.15) is 119 Å². The number of hydrogen-bond acceptors (Lipinski definition) is 8. The highest BCUT2D eigenvalue weighted by Crippen LogP contribution is 2.75. The molecule has 8 heteroatoms. The monoisotopic (exact) mass is 628 g/mol. The number of ether oxygens (including phenoxy) is 2. The number of esters is 2. The Kier molecular flexibility index (Phi) is 10.6. The van der Waals surface area contributed by atoms with Gasteiger partial charge in [0.25, 0.3) is 0 Å². The second kappa shape index (κ2) is 13.4. The normalized spacial score (nSPS) is 36.6. The lowest BCUT2D eigenvalue weighted by molar-refractivity contribution is -0.192. The molecule has 8 atom stereocenters. The fraction of sp³-hybridized carbons (Fsp3) is 0.757. The van der Waals surface area contributed by atoms with E-state index in [9.17, 15) is 29.7 Å². The third-order valence-corrected chi connectivity index (χ3v) is 11.8. The molecule has 4 aliphatic carbocycles. The maximum Gasteiger partial charge on any atom is 0.333 e. The first-order valence-electron chi connectivity index (χ1n) is 17.2. The molecule has 0 aromatic rings. The van der Waals surface area contributed by atoms with Gasteiger partial charge in [0, 0.05) is 29.2 Å². The predicted molar refractivity (Wildman–Crippen MR) is 172 cm³/mol. The Morgan fingerprint density at radius 2 is 1.62 bits per heavy atom. The molecule has 0 heterocycles. The molecule has 0 amide bonds. The molecule has 0 aliphatic heterocycles. The van der Waals surface area contributed by atoms with Gasteiger partial charge >= 0.3 is 11.9 Å². The van der Waals surface area contributed by atoms with Gasteiger partial charge in [-0.15, -0.1) is 0 Å². The second-order valence-electron chi connectivity index (χ2n) is 14.8. The molecule has 3 N–H and O–H groups in total. The zero-order valence-corrected chi connectivity index (χ0v) is 28.5. The van der Waals surface area contributed by atoms with Crippen molar-refractivity contribution >= 4 is 17.7 Å². The Balaban J connectivity index is 1.59. The van der Waals surface area contributed by atoms with Crippen LogP contribution >= 0.6 is 0 Å². The van der Waals surface area contributed by atoms with E-state index in [-0.39, 0.29) is 23.9 Å². The first-order chi connectivity index (χ1) is 21.2. The van der Waals surface area contributed by atoms with Crippen molar-refractivity contribution in [2.75, 3.05) is 6.61 Å². The van der Waals surface area contributed by atoms with Crippen LogP contribution in [0.4, 0.5) is 0 Å². The fourth-order valence-electron chi connectivity index (χ4n) is 8.93. The van der Waals surface area contributed by atoms with Gasteiger partial charge < -0.3 is 24.8 Å². The highest BCUT2D eigenvalue weighted by atomic mass is 16.6. The van der Waals surface area contributed by atoms with Gasteiger partial charge in [-0.3, -0.25) is 9.59 Å². The zero-order chi connectivity index (χ0) is 33.4. The molecular weight excluding hydrogens is 572 g/mol. The number of carbonyl (C=O) groups is 3. The third-order valence-electron chi connectivity index (χ3n) is 11.8. The van der Waals surface area contributed by atoms with E-state index in [0.717, 1.165) is 19.3 Å². The number of allylic oxidation sites excluding steroid dienone is 2. The van der Waals surface area contributed by atoms with Crippen LogP contribution in [0.5, 0.6) is 0 Å². The quantitative estimate of drug-likeness (QED) is 0.0936. The Hall–Kier alpha value is -2.29. The van der Waals surface area contributed by atoms with E-state index in [0.29, 0.717) is 24.0 Å². The van der Waals surface area contributed by atoms with E-state index in [1.54, 1.807) is 39.0 Å². The average Bonchev–Trinajstić information content (AvgIpc) is 3.41. The van der Waals surface area contributed by atoms with Crippen molar-refractivity contribution in [1.29, 1.82) is 0 Å². The second-order valence-corrected chi connectivity index (χ2v) is 14.8. The van der Waals surface area contributed by atoms with E-state index in [4.69, 9.17) is 9.47 Å². The number of ketones is 1. The summed E-state index contributed by atoms with van der Waals surface area (Å²) in [5.41, 5.74) is -4.48. The van der Waals surface area contributed by atoms with Crippen molar-refractivity contribution in [3.8, 4) is 0 Å². The summed E-state index contributed by atoms with van der Waals surface area (Å²) in [6, 6.07) is 0. The van der Waals surface area contributed by atoms with Gasteiger partial charge in [-0.1, -0.05) is 97.3 Å². The Morgan fingerprint density at radius 3 is 2.22 bits per heavy atom. The van der Waals surface area contributed by atoms with Gasteiger partial charge in [0.15, 0.2) is 5.78 Å². The van der Waals surface area contributed by atoms with Gasteiger partial charge in [0.05, 0.1) is 5.41 Å². The molecule has 2 fully saturated rings. The van der Waals surface area contributed by atoms with E-state index < -0.39 is 58.0 Å². The van der Waals surface area contributed by atoms with Crippen LogP contribution in [0.15, 0.2) is 34.9 Å². The number of Topliss-reactive ketones (excluding diaryl/α,β-unsaturated/α-hetero) is 1. The van der Waals surface area contributed by atoms with Crippen molar-refractivity contribution in [3.05, 3.63) is 34.9 Å². The Labute approximate surface area is 269 Å². The lowest BCUT2D eigenvalue weighted by Gasteiger charge is -2.48. The summed E-state index contributed by atoms with van der Waals surface area (Å²) in [7, 11) is 0. The molecule has 2 saturated carbocycles. The van der Waals surface area contributed by atoms with Gasteiger partial charge in [0.1, 0.15) is 30.0 Å². The number of aliphatic hydroxyl groups is 3. The third kappa shape index (κ3) is 5.78. The lowest BCUT2D eigenvalue weighted by Crippen LogP contribution is -2.65. The van der Waals surface area contributed by atoms with Crippen molar-refractivity contribution in [1.82, 2.24) is 0 Å². The summed E-state index contributed by atoms with van der Waals surface area (Å²) in [6.45, 7) is 12.7. The van der Waals surface area contributed by atoms with Crippen molar-refractivity contribution in [2.45, 2.75) is 143 Å². The highest BCUT2D eigenvalue weighted by molar-refractivity contribution is 5.96. The zero-order valence-electron chi connectivity index (χ0n) is 28.5. The summed E-state index contributed by atoms with van der Waals surface area (Å²) in [4.78, 5) is 40.6. The molecule has 1 spiro atoms. The van der Waals surface area contributed by atoms with Crippen molar-refractivity contribution < 1.29 is 39.2 Å². The minimum atomic E-state index is -2.28. The first kappa shape index (κ1) is 35.6. The summed E-state index contributed by atoms with van der Waals surface area (Å²) in [5.74, 6) is -2.99. The molecule has 4 rings (SSSR count). The number of aliphatic hydroxyl groups excluding tert-OH is 2. The molecule has 45 heavy (non-hydrogen) atoms. The van der Waals surface area contributed by atoms with E-state index in [2.05, 4.69) is 6.92 Å². The van der Waals surface area contributed by atoms with Crippen LogP contribution in [0.25, 0.3) is 0 Å². The minimum Gasteiger partial charge on any atom is -0.458 e. The Bertz CT molecular complexity index is 1240. The predicted octanol–water partition coefficient (Wildman–Crippen LogP) is 5.92. The number of carbonyl (C=O) groups excluding carboxylic acids is 3. The van der Waals surface area contributed by atoms with E-state index in [1.807, 2.05) is 20.8 Å². The summed E-state index contributed by atoms with van der Waals surface area (Å²) >= 11 is 0. The van der Waals surface area contributed by atoms with E-state index in [1.165, 1.54) is 38.5 Å². The molecule has 8 nitrogen and oxygen atoms in total. The maximum absolute atomic E-state index is 14.7. The molecule has 0 aromatic heterocycles. The van der Waals surface area contributed by atoms with Crippen LogP contribution in [0.2, 0.25) is 0 Å². The minimum absolute atomic E-state index is 0.156. The molecule has 4 aliphatic rings. The molecule has 0 unspecified atom stereocenters. The first-order valence-corrected chi connectivity index (χ1v) is 17.2. The van der Waals surface area contributed by atoms with Crippen LogP contribution in [0, 0.1) is 28.6 Å². The van der Waals surface area contributed by atoms with Crippen LogP contribution in [0.3, 0.4) is 0 Å². The van der Waals surface area contributed by atoms with E-state index >= 15 is 0 Å². The number of rotatable bonds is 14. The topological polar surface area (TPSA) is 130 Å². The number of hydrogen-bond donors (Lipinski definition) is 3. The summed E-state index contributed by atoms with van der Waals surface area (Å²) in [6.07, 6.45) is 12.6. The smallest absolute Gasteiger partial charge is 0.333 e. The largest absolute Gasteiger partial charge is 0.458 e. The van der Waals surface area contributed by atoms with Crippen LogP contribution in [-0.4, -0.2) is 63.1 Å². The average molecular weight is 629 g/mol. The maximum atomic E-state index is 14.7. The number of fused-ring (bicyclic) bond motifs is 3. The lowest BCUT2D eigenvalue weighted by atomic mass is 9.59. The van der Waals surface area contributed by atoms with Gasteiger partial charge in [-0.25, -0.2) is 4.79 Å². The highest BCUT2D eigenvalue weighted by Gasteiger charge is 2.83. The molecule has 252 valence electrons. The molecule has 0 aromatic carbocycles. The summed E-state index contributed by atoms with van der Waals surface area (Å²) in [5, 5.41) is 35.4. The number of unbranched alkanes of at least 4 members (excludes halogenated alkanes) is 8. The van der Waals surface area contributed by atoms with Crippen molar-refractivity contribution in [3.63, 3.8) is 0 Å². The molecule has 0 radical (unpaired) electrons. The summed E-state index contributed by atoms with van der Waals surface area (Å²) < 4.78 is 11.9. The van der Waals surface area contributed by atoms with Gasteiger partial charge in [-0.2, -0.15) is 0 Å². The fourth-order valence-corrected chi connectivity index (χ4v) is 8.93. The van der Waals surface area contributed by atoms with Gasteiger partial charge in [0.2, 0.25) is 0 Å². The van der Waals surface area contributed by atoms with Crippen LogP contribution in [-0.2, 0) is 23.9 Å². The Morgan fingerprint density at radius 1 is 1.02 bits per heavy atom. The van der Waals surface area contributed by atoms with Gasteiger partial charge in [-0.05, 0) is 50.7 Å². The molecular formula is C37H56O8. The van der Waals surface area contributed by atoms with Crippen LogP contribution < -0.4 is 0 Å². The molecule has 0 saturated heterocycles. The van der Waals surface area contributed by atoms with Crippen molar-refractivity contribution in [2.24, 2.45) is 28.6 Å². The SMILES string of the molecule is C/C=C(/C)C(=O)OCC1=C[C@@H]2C(=O)[C@]3(C=C(C)[C@H](O)[C@@]3(O)[C@@H]1O)[C@H](C)C[C@]1(OC(=O)CCCCCCCCCCC)[C@H]2C1(C)C.